The molecular weight excluding hydrogens is 238 g/mol. The number of carbonyl (C=O) groups is 1. The van der Waals surface area contributed by atoms with Gasteiger partial charge in [0, 0.05) is 6.54 Å². The molecule has 0 aliphatic rings. The van der Waals surface area contributed by atoms with Crippen LogP contribution >= 0.6 is 0 Å². The van der Waals surface area contributed by atoms with Crippen LogP contribution in [0, 0.1) is 12.3 Å². The van der Waals surface area contributed by atoms with Crippen LogP contribution in [0.4, 0.5) is 4.79 Å². The van der Waals surface area contributed by atoms with Gasteiger partial charge in [0.2, 0.25) is 0 Å². The topological polar surface area (TPSA) is 29.5 Å². The second-order valence-corrected chi connectivity index (χ2v) is 5.34. The van der Waals surface area contributed by atoms with E-state index in [2.05, 4.69) is 5.92 Å². The third kappa shape index (κ3) is 5.96. The summed E-state index contributed by atoms with van der Waals surface area (Å²) >= 11 is 0. The van der Waals surface area contributed by atoms with Crippen LogP contribution in [-0.4, -0.2) is 29.7 Å². The Labute approximate surface area is 115 Å². The molecular formula is C16H21NO2. The van der Waals surface area contributed by atoms with E-state index in [1.165, 1.54) is 5.56 Å². The predicted octanol–water partition coefficient (Wildman–Crippen LogP) is 3.10. The number of rotatable bonds is 4. The fourth-order valence-electron chi connectivity index (χ4n) is 1.58. The van der Waals surface area contributed by atoms with Gasteiger partial charge in [-0.3, -0.25) is 4.90 Å². The quantitative estimate of drug-likeness (QED) is 0.778. The van der Waals surface area contributed by atoms with Gasteiger partial charge in [-0.15, -0.1) is 6.42 Å². The minimum absolute atomic E-state index is 0.266. The number of benzene rings is 1. The summed E-state index contributed by atoms with van der Waals surface area (Å²) in [6.07, 6.45) is 5.71. The van der Waals surface area contributed by atoms with Crippen molar-refractivity contribution in [3.8, 4) is 12.3 Å². The molecule has 0 aliphatic heterocycles. The summed E-state index contributed by atoms with van der Waals surface area (Å²) in [7, 11) is 0. The van der Waals surface area contributed by atoms with E-state index < -0.39 is 5.60 Å². The number of hydrogen-bond donors (Lipinski definition) is 0. The van der Waals surface area contributed by atoms with Crippen LogP contribution in [0.1, 0.15) is 26.3 Å². The van der Waals surface area contributed by atoms with Crippen molar-refractivity contribution in [2.24, 2.45) is 0 Å². The van der Waals surface area contributed by atoms with Crippen molar-refractivity contribution < 1.29 is 9.53 Å². The Morgan fingerprint density at radius 2 is 1.95 bits per heavy atom. The number of ether oxygens (including phenoxy) is 1. The number of terminal acetylenes is 1. The van der Waals surface area contributed by atoms with Crippen molar-refractivity contribution in [3.63, 3.8) is 0 Å². The molecule has 1 aromatic rings. The highest BCUT2D eigenvalue weighted by molar-refractivity contribution is 5.68. The molecule has 19 heavy (non-hydrogen) atoms. The van der Waals surface area contributed by atoms with Gasteiger partial charge in [0.05, 0.1) is 6.54 Å². The largest absolute Gasteiger partial charge is 0.444 e. The van der Waals surface area contributed by atoms with Gasteiger partial charge in [-0.25, -0.2) is 4.79 Å². The molecule has 1 amide bonds. The van der Waals surface area contributed by atoms with Gasteiger partial charge in [-0.2, -0.15) is 0 Å². The molecule has 0 saturated heterocycles. The van der Waals surface area contributed by atoms with Crippen molar-refractivity contribution >= 4 is 6.09 Å². The van der Waals surface area contributed by atoms with Gasteiger partial charge in [0.25, 0.3) is 0 Å². The number of amides is 1. The molecule has 0 spiro atoms. The van der Waals surface area contributed by atoms with Gasteiger partial charge >= 0.3 is 6.09 Å². The zero-order chi connectivity index (χ0) is 14.3. The molecule has 0 saturated carbocycles. The second-order valence-electron chi connectivity index (χ2n) is 5.34. The lowest BCUT2D eigenvalue weighted by Gasteiger charge is -2.26. The molecule has 0 fully saturated rings. The molecule has 0 atom stereocenters. The van der Waals surface area contributed by atoms with Crippen LogP contribution in [0.3, 0.4) is 0 Å². The summed E-state index contributed by atoms with van der Waals surface area (Å²) in [5.41, 5.74) is 0.671. The molecule has 102 valence electrons. The molecule has 0 unspecified atom stereocenters. The first-order valence-corrected chi connectivity index (χ1v) is 6.37. The minimum Gasteiger partial charge on any atom is -0.444 e. The van der Waals surface area contributed by atoms with Crippen molar-refractivity contribution in [2.45, 2.75) is 32.8 Å². The van der Waals surface area contributed by atoms with E-state index in [-0.39, 0.29) is 12.6 Å². The molecule has 3 nitrogen and oxygen atoms in total. The third-order valence-corrected chi connectivity index (χ3v) is 2.45. The summed E-state index contributed by atoms with van der Waals surface area (Å²) in [5.74, 6) is 2.50. The van der Waals surface area contributed by atoms with Crippen molar-refractivity contribution in [1.29, 1.82) is 0 Å². The Morgan fingerprint density at radius 1 is 1.32 bits per heavy atom. The molecule has 0 N–H and O–H groups in total. The van der Waals surface area contributed by atoms with Crippen LogP contribution in [0.25, 0.3) is 0 Å². The van der Waals surface area contributed by atoms with E-state index >= 15 is 0 Å². The Bertz CT molecular complexity index is 440. The minimum atomic E-state index is -0.503. The van der Waals surface area contributed by atoms with Gasteiger partial charge in [-0.05, 0) is 32.8 Å². The Hall–Kier alpha value is -1.95. The summed E-state index contributed by atoms with van der Waals surface area (Å²) in [5, 5.41) is 0. The Balaban J connectivity index is 2.58. The molecule has 0 heterocycles. The predicted molar refractivity (Wildman–Crippen MR) is 76.8 cm³/mol. The van der Waals surface area contributed by atoms with Gasteiger partial charge < -0.3 is 4.74 Å². The Kier molecular flexibility index (Phi) is 5.44. The van der Waals surface area contributed by atoms with Crippen LogP contribution in [0.15, 0.2) is 30.3 Å². The van der Waals surface area contributed by atoms with E-state index in [4.69, 9.17) is 11.2 Å². The summed E-state index contributed by atoms with van der Waals surface area (Å²) in [4.78, 5) is 13.5. The zero-order valence-corrected chi connectivity index (χ0v) is 11.8. The SMILES string of the molecule is C#CCN(CCc1ccccc1)C(=O)OC(C)(C)C. The average molecular weight is 259 g/mol. The highest BCUT2D eigenvalue weighted by Gasteiger charge is 2.21. The van der Waals surface area contributed by atoms with Crippen molar-refractivity contribution in [2.75, 3.05) is 13.1 Å². The first-order chi connectivity index (χ1) is 8.92. The molecule has 0 aromatic heterocycles. The molecule has 1 rings (SSSR count). The maximum Gasteiger partial charge on any atom is 0.411 e. The molecule has 0 bridgehead atoms. The number of nitrogens with zero attached hydrogens (tertiary/aromatic N) is 1. The summed E-state index contributed by atoms with van der Waals surface area (Å²) in [6.45, 7) is 6.35. The molecule has 1 aromatic carbocycles. The summed E-state index contributed by atoms with van der Waals surface area (Å²) in [6, 6.07) is 9.99. The van der Waals surface area contributed by atoms with Gasteiger partial charge in [0.1, 0.15) is 5.60 Å². The highest BCUT2D eigenvalue weighted by atomic mass is 16.6. The standard InChI is InChI=1S/C16H21NO2/c1-5-12-17(15(18)19-16(2,3)4)13-11-14-9-7-6-8-10-14/h1,6-10H,11-13H2,2-4H3. The van der Waals surface area contributed by atoms with E-state index in [9.17, 15) is 4.79 Å². The lowest BCUT2D eigenvalue weighted by molar-refractivity contribution is 0.0277. The second kappa shape index (κ2) is 6.84. The van der Waals surface area contributed by atoms with E-state index in [1.54, 1.807) is 4.90 Å². The van der Waals surface area contributed by atoms with E-state index in [1.807, 2.05) is 51.1 Å². The van der Waals surface area contributed by atoms with E-state index in [0.29, 0.717) is 6.54 Å². The molecule has 0 aliphatic carbocycles. The maximum atomic E-state index is 12.0. The number of hydrogen-bond acceptors (Lipinski definition) is 2. The van der Waals surface area contributed by atoms with Crippen molar-refractivity contribution in [3.05, 3.63) is 35.9 Å². The fraction of sp³-hybridized carbons (Fsp3) is 0.438. The monoisotopic (exact) mass is 259 g/mol. The highest BCUT2D eigenvalue weighted by Crippen LogP contribution is 2.10. The average Bonchev–Trinajstić information content (AvgIpc) is 2.33. The lowest BCUT2D eigenvalue weighted by Crippen LogP contribution is -2.38. The fourth-order valence-corrected chi connectivity index (χ4v) is 1.58. The van der Waals surface area contributed by atoms with Gasteiger partial charge in [-0.1, -0.05) is 36.3 Å². The summed E-state index contributed by atoms with van der Waals surface area (Å²) < 4.78 is 5.33. The first-order valence-electron chi connectivity index (χ1n) is 6.37. The van der Waals surface area contributed by atoms with E-state index in [0.717, 1.165) is 6.42 Å². The molecule has 3 heteroatoms. The third-order valence-electron chi connectivity index (χ3n) is 2.45. The van der Waals surface area contributed by atoms with Gasteiger partial charge in [0.15, 0.2) is 0 Å². The van der Waals surface area contributed by atoms with Crippen LogP contribution in [0.2, 0.25) is 0 Å². The van der Waals surface area contributed by atoms with Crippen LogP contribution in [-0.2, 0) is 11.2 Å². The Morgan fingerprint density at radius 3 is 2.47 bits per heavy atom. The van der Waals surface area contributed by atoms with Crippen LogP contribution in [0.5, 0.6) is 0 Å². The van der Waals surface area contributed by atoms with Crippen molar-refractivity contribution in [1.82, 2.24) is 4.90 Å². The zero-order valence-electron chi connectivity index (χ0n) is 11.8. The lowest BCUT2D eigenvalue weighted by atomic mass is 10.1. The normalized spacial score (nSPS) is 10.6. The molecule has 0 radical (unpaired) electrons. The maximum absolute atomic E-state index is 12.0. The smallest absolute Gasteiger partial charge is 0.411 e. The number of carbonyl (C=O) groups excluding carboxylic acids is 1. The van der Waals surface area contributed by atoms with Crippen LogP contribution < -0.4 is 0 Å². The first kappa shape index (κ1) is 15.1.